The molecule has 0 amide bonds. The van der Waals surface area contributed by atoms with E-state index < -0.39 is 6.16 Å². The third-order valence-corrected chi connectivity index (χ3v) is 0. The summed E-state index contributed by atoms with van der Waals surface area (Å²) in [6, 6.07) is 0. The Labute approximate surface area is 88.7 Å². The second-order valence-corrected chi connectivity index (χ2v) is 0.283. The van der Waals surface area contributed by atoms with E-state index in [9.17, 15) is 0 Å². The number of rotatable bonds is 0. The van der Waals surface area contributed by atoms with E-state index in [1.54, 1.807) is 0 Å². The fourth-order valence-electron chi connectivity index (χ4n) is 0. The monoisotopic (exact) mass is 174 g/mol. The van der Waals surface area contributed by atoms with E-state index in [-0.39, 0.29) is 68.3 Å². The van der Waals surface area contributed by atoms with Gasteiger partial charge in [0.2, 0.25) is 0 Å². The Bertz CT molecular complexity index is 44.8. The summed E-state index contributed by atoms with van der Waals surface area (Å²) in [6.45, 7) is 0. The number of hydrogen-bond acceptors (Lipinski definition) is 1. The maximum Gasteiger partial charge on any atom is 1.00 e. The predicted octanol–water partition coefficient (Wildman–Crippen LogP) is -4.97. The average Bonchev–Trinajstić information content (AvgIpc) is 0.811. The van der Waals surface area contributed by atoms with Crippen LogP contribution in [0, 0.1) is 0 Å². The minimum Gasteiger partial charge on any atom is -1.00 e. The molecule has 0 aromatic heterocycles. The molecule has 0 aromatic rings. The molecule has 0 aliphatic carbocycles. The molecule has 0 atom stereocenters. The van der Waals surface area contributed by atoms with Gasteiger partial charge in [0, 0.05) is 0 Å². The van der Waals surface area contributed by atoms with Crippen molar-refractivity contribution in [2.45, 2.75) is 0 Å². The Hall–Kier alpha value is 1.35. The van der Waals surface area contributed by atoms with Crippen LogP contribution in [0.3, 0.4) is 0 Å². The van der Waals surface area contributed by atoms with Gasteiger partial charge in [-0.05, 0) is 0 Å². The molecule has 2 N–H and O–H groups in total. The van der Waals surface area contributed by atoms with Gasteiger partial charge in [0.05, 0.1) is 0 Å². The first-order valence-corrected chi connectivity index (χ1v) is 0.651. The summed E-state index contributed by atoms with van der Waals surface area (Å²) in [5.41, 5.74) is 0. The van der Waals surface area contributed by atoms with Crippen LogP contribution in [0.4, 0.5) is 4.79 Å². The largest absolute Gasteiger partial charge is 1.00 e. The quantitative estimate of drug-likeness (QED) is 0.362. The number of carboxylic acid groups (broad SMARTS) is 2. The SMILES string of the molecule is Br.O=C(O)O.[H-].[H-].[Li+].[Na+]. The Morgan fingerprint density at radius 1 is 1.43 bits per heavy atom. The van der Waals surface area contributed by atoms with E-state index in [1.807, 2.05) is 0 Å². The normalized spacial score (nSPS) is 3.43. The van der Waals surface area contributed by atoms with E-state index in [2.05, 4.69) is 0 Å². The molecule has 0 bridgehead atoms. The summed E-state index contributed by atoms with van der Waals surface area (Å²) in [7, 11) is 0. The van der Waals surface area contributed by atoms with Crippen LogP contribution in [-0.2, 0) is 0 Å². The fourth-order valence-corrected chi connectivity index (χ4v) is 0. The van der Waals surface area contributed by atoms with E-state index in [0.717, 1.165) is 0 Å². The van der Waals surface area contributed by atoms with Crippen molar-refractivity contribution < 1.29 is 66.3 Å². The van der Waals surface area contributed by atoms with Crippen LogP contribution in [0.1, 0.15) is 2.85 Å². The van der Waals surface area contributed by atoms with Crippen molar-refractivity contribution in [3.63, 3.8) is 0 Å². The summed E-state index contributed by atoms with van der Waals surface area (Å²) in [6.07, 6.45) is -1.83. The first-order valence-electron chi connectivity index (χ1n) is 0.651. The van der Waals surface area contributed by atoms with Gasteiger partial charge in [0.15, 0.2) is 0 Å². The van der Waals surface area contributed by atoms with Crippen LogP contribution in [0.5, 0.6) is 0 Å². The van der Waals surface area contributed by atoms with Crippen LogP contribution < -0.4 is 48.4 Å². The topological polar surface area (TPSA) is 57.5 Å². The predicted molar refractivity (Wildman–Crippen MR) is 23.2 cm³/mol. The summed E-state index contributed by atoms with van der Waals surface area (Å²) in [5.74, 6) is 0. The van der Waals surface area contributed by atoms with Crippen molar-refractivity contribution in [2.75, 3.05) is 0 Å². The molecule has 0 saturated heterocycles. The van der Waals surface area contributed by atoms with Gasteiger partial charge in [-0.15, -0.1) is 17.0 Å². The molecule has 36 valence electrons. The first kappa shape index (κ1) is 23.8. The third kappa shape index (κ3) is 116. The van der Waals surface area contributed by atoms with Crippen LogP contribution in [0.25, 0.3) is 0 Å². The van der Waals surface area contributed by atoms with Crippen molar-refractivity contribution in [1.82, 2.24) is 0 Å². The number of hydrogen-bond donors (Lipinski definition) is 2. The molecule has 0 spiro atoms. The van der Waals surface area contributed by atoms with E-state index in [4.69, 9.17) is 15.0 Å². The number of halogens is 1. The van der Waals surface area contributed by atoms with E-state index in [0.29, 0.717) is 0 Å². The summed E-state index contributed by atoms with van der Waals surface area (Å²) < 4.78 is 0. The van der Waals surface area contributed by atoms with Crippen molar-refractivity contribution >= 4 is 23.1 Å². The molecule has 0 unspecified atom stereocenters. The molecule has 0 aromatic carbocycles. The van der Waals surface area contributed by atoms with Crippen LogP contribution in [-0.4, -0.2) is 16.4 Å². The standard InChI is InChI=1S/CH2O3.BrH.Li.Na.2H/c2-1(3)4;;;;;/h(H2,2,3,4);1H;;;;/q;;2*+1;2*-1. The third-order valence-electron chi connectivity index (χ3n) is 0. The maximum absolute atomic E-state index is 8.56. The van der Waals surface area contributed by atoms with Gasteiger partial charge in [0.25, 0.3) is 0 Å². The Morgan fingerprint density at radius 3 is 1.43 bits per heavy atom. The Balaban J connectivity index is -0.00000000450. The molecule has 0 heterocycles. The minimum atomic E-state index is -1.83. The van der Waals surface area contributed by atoms with Crippen molar-refractivity contribution in [1.29, 1.82) is 0 Å². The molecule has 6 heteroatoms. The molecular formula is CH5BrLiNaO3. The second kappa shape index (κ2) is 15.7. The van der Waals surface area contributed by atoms with Crippen molar-refractivity contribution in [3.05, 3.63) is 0 Å². The zero-order valence-corrected chi connectivity index (χ0v) is 7.92. The van der Waals surface area contributed by atoms with Gasteiger partial charge >= 0.3 is 54.6 Å². The molecule has 0 aliphatic heterocycles. The summed E-state index contributed by atoms with van der Waals surface area (Å²) in [5, 5.41) is 13.9. The van der Waals surface area contributed by atoms with Crippen LogP contribution in [0.15, 0.2) is 0 Å². The molecule has 0 rings (SSSR count). The number of carbonyl (C=O) groups is 1. The molecule has 7 heavy (non-hydrogen) atoms. The summed E-state index contributed by atoms with van der Waals surface area (Å²) >= 11 is 0. The Kier molecular flexibility index (Phi) is 53.3. The van der Waals surface area contributed by atoms with Gasteiger partial charge in [0.1, 0.15) is 0 Å². The smallest absolute Gasteiger partial charge is 1.00 e. The van der Waals surface area contributed by atoms with Crippen molar-refractivity contribution in [3.8, 4) is 0 Å². The minimum absolute atomic E-state index is 0. The van der Waals surface area contributed by atoms with Crippen molar-refractivity contribution in [2.24, 2.45) is 0 Å². The molecule has 0 radical (unpaired) electrons. The zero-order valence-electron chi connectivity index (χ0n) is 6.21. The molecule has 0 saturated carbocycles. The fraction of sp³-hybridized carbons (Fsp3) is 0. The van der Waals surface area contributed by atoms with Gasteiger partial charge in [-0.1, -0.05) is 0 Å². The first-order chi connectivity index (χ1) is 1.73. The molecule has 0 aliphatic rings. The van der Waals surface area contributed by atoms with Crippen LogP contribution in [0.2, 0.25) is 0 Å². The molecular weight excluding hydrogens is 170 g/mol. The van der Waals surface area contributed by atoms with Gasteiger partial charge in [-0.3, -0.25) is 0 Å². The van der Waals surface area contributed by atoms with E-state index >= 15 is 0 Å². The van der Waals surface area contributed by atoms with Gasteiger partial charge < -0.3 is 13.1 Å². The average molecular weight is 175 g/mol. The van der Waals surface area contributed by atoms with Gasteiger partial charge in [-0.25, -0.2) is 4.79 Å². The summed E-state index contributed by atoms with van der Waals surface area (Å²) in [4.78, 5) is 8.56. The second-order valence-electron chi connectivity index (χ2n) is 0.283. The van der Waals surface area contributed by atoms with Gasteiger partial charge in [-0.2, -0.15) is 0 Å². The molecule has 0 fully saturated rings. The van der Waals surface area contributed by atoms with E-state index in [1.165, 1.54) is 0 Å². The Morgan fingerprint density at radius 2 is 1.43 bits per heavy atom. The van der Waals surface area contributed by atoms with Crippen LogP contribution >= 0.6 is 17.0 Å². The molecule has 3 nitrogen and oxygen atoms in total. The maximum atomic E-state index is 8.56. The zero-order chi connectivity index (χ0) is 3.58.